The van der Waals surface area contributed by atoms with Gasteiger partial charge in [-0.3, -0.25) is 0 Å². The number of hydrogen-bond acceptors (Lipinski definition) is 9. The summed E-state index contributed by atoms with van der Waals surface area (Å²) in [5, 5.41) is 4.13. The van der Waals surface area contributed by atoms with Crippen LogP contribution in [0.3, 0.4) is 0 Å². The van der Waals surface area contributed by atoms with Crippen LogP contribution >= 0.6 is 0 Å². The molecule has 0 radical (unpaired) electrons. The van der Waals surface area contributed by atoms with E-state index >= 15 is 0 Å². The van der Waals surface area contributed by atoms with Gasteiger partial charge in [0, 0.05) is 34.8 Å². The zero-order valence-corrected chi connectivity index (χ0v) is 20.5. The van der Waals surface area contributed by atoms with Crippen molar-refractivity contribution in [1.29, 1.82) is 0 Å². The number of methoxy groups -OCH3 is 6. The molecule has 0 aliphatic rings. The van der Waals surface area contributed by atoms with Crippen molar-refractivity contribution in [2.75, 3.05) is 48.0 Å². The summed E-state index contributed by atoms with van der Waals surface area (Å²) in [5.41, 5.74) is 2.20. The average Bonchev–Trinajstić information content (AvgIpc) is 2.91. The van der Waals surface area contributed by atoms with Gasteiger partial charge in [0.05, 0.1) is 48.2 Å². The molecule has 4 rings (SSSR count). The molecule has 4 aromatic rings. The van der Waals surface area contributed by atoms with E-state index < -0.39 is 0 Å². The summed E-state index contributed by atoms with van der Waals surface area (Å²) in [6.07, 6.45) is 0. The molecule has 9 heteroatoms. The summed E-state index contributed by atoms with van der Waals surface area (Å²) in [6.45, 7) is 0. The maximum absolute atomic E-state index is 5.51. The molecule has 0 bridgehead atoms. The zero-order chi connectivity index (χ0) is 24.9. The number of rotatable bonds is 9. The van der Waals surface area contributed by atoms with Gasteiger partial charge in [0.1, 0.15) is 11.6 Å². The van der Waals surface area contributed by atoms with E-state index in [-0.39, 0.29) is 0 Å². The van der Waals surface area contributed by atoms with Crippen LogP contribution in [0.15, 0.2) is 48.5 Å². The van der Waals surface area contributed by atoms with Crippen LogP contribution in [0.25, 0.3) is 22.3 Å². The first-order chi connectivity index (χ1) is 17.0. The van der Waals surface area contributed by atoms with Crippen molar-refractivity contribution in [2.45, 2.75) is 0 Å². The molecular formula is C26H27N3O6. The van der Waals surface area contributed by atoms with Gasteiger partial charge in [0.25, 0.3) is 0 Å². The minimum Gasteiger partial charge on any atom is -0.497 e. The Kier molecular flexibility index (Phi) is 6.96. The Balaban J connectivity index is 1.90. The van der Waals surface area contributed by atoms with E-state index in [1.807, 2.05) is 48.5 Å². The van der Waals surface area contributed by atoms with Gasteiger partial charge in [-0.25, -0.2) is 9.97 Å². The first-order valence-corrected chi connectivity index (χ1v) is 10.7. The molecule has 1 N–H and O–H groups in total. The van der Waals surface area contributed by atoms with Crippen LogP contribution < -0.4 is 33.7 Å². The molecule has 0 saturated carbocycles. The minimum absolute atomic E-state index is 0.499. The van der Waals surface area contributed by atoms with Gasteiger partial charge in [0.2, 0.25) is 5.75 Å². The molecule has 1 aromatic heterocycles. The van der Waals surface area contributed by atoms with Gasteiger partial charge in [-0.2, -0.15) is 0 Å². The molecule has 0 spiro atoms. The Hall–Kier alpha value is -4.40. The van der Waals surface area contributed by atoms with E-state index in [0.717, 1.165) is 16.7 Å². The molecule has 35 heavy (non-hydrogen) atoms. The van der Waals surface area contributed by atoms with Crippen LogP contribution in [0.2, 0.25) is 0 Å². The van der Waals surface area contributed by atoms with Crippen molar-refractivity contribution >= 4 is 22.4 Å². The van der Waals surface area contributed by atoms with Crippen LogP contribution in [0.5, 0.6) is 34.5 Å². The van der Waals surface area contributed by atoms with E-state index in [1.54, 1.807) is 42.7 Å². The Labute approximate surface area is 203 Å². The van der Waals surface area contributed by atoms with E-state index in [1.165, 1.54) is 0 Å². The Morgan fingerprint density at radius 2 is 1.20 bits per heavy atom. The highest BCUT2D eigenvalue weighted by atomic mass is 16.5. The normalized spacial score (nSPS) is 10.6. The summed E-state index contributed by atoms with van der Waals surface area (Å²) >= 11 is 0. The lowest BCUT2D eigenvalue weighted by Gasteiger charge is -2.17. The fourth-order valence-electron chi connectivity index (χ4n) is 3.71. The van der Waals surface area contributed by atoms with Crippen LogP contribution in [0.4, 0.5) is 11.5 Å². The Morgan fingerprint density at radius 1 is 0.600 bits per heavy atom. The molecule has 9 nitrogen and oxygen atoms in total. The van der Waals surface area contributed by atoms with Crippen molar-refractivity contribution < 1.29 is 28.4 Å². The number of benzene rings is 3. The summed E-state index contributed by atoms with van der Waals surface area (Å²) in [4.78, 5) is 9.62. The van der Waals surface area contributed by atoms with Gasteiger partial charge in [-0.05, 0) is 30.3 Å². The van der Waals surface area contributed by atoms with Gasteiger partial charge < -0.3 is 33.7 Å². The van der Waals surface area contributed by atoms with E-state index in [2.05, 4.69) is 5.32 Å². The number of aromatic nitrogens is 2. The van der Waals surface area contributed by atoms with Gasteiger partial charge >= 0.3 is 0 Å². The van der Waals surface area contributed by atoms with Crippen LogP contribution in [0.1, 0.15) is 0 Å². The third-order valence-corrected chi connectivity index (χ3v) is 5.48. The number of nitrogens with one attached hydrogen (secondary N) is 1. The molecule has 3 aromatic carbocycles. The van der Waals surface area contributed by atoms with Crippen molar-refractivity contribution in [2.24, 2.45) is 0 Å². The standard InChI is InChI=1S/C26H27N3O6/c1-30-17-9-7-15(8-10-17)25-28-19-14-21(32-3)20(31-2)13-18(19)26(29-25)27-16-11-22(33-4)24(35-6)23(12-16)34-5/h7-14H,1-6H3,(H,27,28,29). The lowest BCUT2D eigenvalue weighted by atomic mass is 10.1. The highest BCUT2D eigenvalue weighted by Crippen LogP contribution is 2.42. The van der Waals surface area contributed by atoms with Gasteiger partial charge in [-0.1, -0.05) is 0 Å². The minimum atomic E-state index is 0.499. The van der Waals surface area contributed by atoms with Crippen molar-refractivity contribution in [3.8, 4) is 45.9 Å². The molecular weight excluding hydrogens is 450 g/mol. The highest BCUT2D eigenvalue weighted by molar-refractivity contribution is 5.94. The molecule has 0 amide bonds. The number of ether oxygens (including phenoxy) is 6. The van der Waals surface area contributed by atoms with Crippen molar-refractivity contribution in [1.82, 2.24) is 9.97 Å². The molecule has 0 aliphatic heterocycles. The number of hydrogen-bond donors (Lipinski definition) is 1. The van der Waals surface area contributed by atoms with Crippen LogP contribution in [0, 0.1) is 0 Å². The first kappa shape index (κ1) is 23.7. The summed E-state index contributed by atoms with van der Waals surface area (Å²) < 4.78 is 32.7. The fraction of sp³-hybridized carbons (Fsp3) is 0.231. The second-order valence-electron chi connectivity index (χ2n) is 7.39. The highest BCUT2D eigenvalue weighted by Gasteiger charge is 2.17. The largest absolute Gasteiger partial charge is 0.497 e. The average molecular weight is 478 g/mol. The Bertz CT molecular complexity index is 1320. The third-order valence-electron chi connectivity index (χ3n) is 5.48. The monoisotopic (exact) mass is 477 g/mol. The molecule has 0 saturated heterocycles. The fourth-order valence-corrected chi connectivity index (χ4v) is 3.71. The van der Waals surface area contributed by atoms with Crippen LogP contribution in [-0.4, -0.2) is 52.6 Å². The maximum Gasteiger partial charge on any atom is 0.203 e. The molecule has 0 atom stereocenters. The second-order valence-corrected chi connectivity index (χ2v) is 7.39. The summed E-state index contributed by atoms with van der Waals surface area (Å²) in [5.74, 6) is 4.50. The van der Waals surface area contributed by atoms with Crippen LogP contribution in [-0.2, 0) is 0 Å². The lowest BCUT2D eigenvalue weighted by molar-refractivity contribution is 0.324. The maximum atomic E-state index is 5.51. The summed E-state index contributed by atoms with van der Waals surface area (Å²) in [7, 11) is 9.50. The molecule has 0 aliphatic carbocycles. The molecule has 1 heterocycles. The first-order valence-electron chi connectivity index (χ1n) is 10.7. The molecule has 182 valence electrons. The van der Waals surface area contributed by atoms with Crippen molar-refractivity contribution in [3.63, 3.8) is 0 Å². The number of anilines is 2. The quantitative estimate of drug-likeness (QED) is 0.354. The molecule has 0 fully saturated rings. The van der Waals surface area contributed by atoms with Gasteiger partial charge in [0.15, 0.2) is 28.8 Å². The topological polar surface area (TPSA) is 93.2 Å². The predicted molar refractivity (Wildman–Crippen MR) is 134 cm³/mol. The Morgan fingerprint density at radius 3 is 1.74 bits per heavy atom. The third kappa shape index (κ3) is 4.65. The smallest absolute Gasteiger partial charge is 0.203 e. The lowest BCUT2D eigenvalue weighted by Crippen LogP contribution is -2.02. The second kappa shape index (κ2) is 10.3. The van der Waals surface area contributed by atoms with E-state index in [4.69, 9.17) is 38.4 Å². The van der Waals surface area contributed by atoms with Crippen molar-refractivity contribution in [3.05, 3.63) is 48.5 Å². The van der Waals surface area contributed by atoms with E-state index in [9.17, 15) is 0 Å². The SMILES string of the molecule is COc1ccc(-c2nc(Nc3cc(OC)c(OC)c(OC)c3)c3cc(OC)c(OC)cc3n2)cc1. The zero-order valence-electron chi connectivity index (χ0n) is 20.5. The number of nitrogens with zero attached hydrogens (tertiary/aromatic N) is 2. The summed E-state index contributed by atoms with van der Waals surface area (Å²) in [6, 6.07) is 14.8. The molecule has 0 unspecified atom stereocenters. The predicted octanol–water partition coefficient (Wildman–Crippen LogP) is 5.09. The van der Waals surface area contributed by atoms with E-state index in [0.29, 0.717) is 51.6 Å². The number of fused-ring (bicyclic) bond motifs is 1. The van der Waals surface area contributed by atoms with Gasteiger partial charge in [-0.15, -0.1) is 0 Å².